The summed E-state index contributed by atoms with van der Waals surface area (Å²) in [6.07, 6.45) is 1.47. The summed E-state index contributed by atoms with van der Waals surface area (Å²) in [6, 6.07) is 16.7. The van der Waals surface area contributed by atoms with E-state index in [-0.39, 0.29) is 0 Å². The number of rotatable bonds is 4. The molecular formula is C18H16N2O3. The Labute approximate surface area is 132 Å². The highest BCUT2D eigenvalue weighted by Crippen LogP contribution is 2.20. The van der Waals surface area contributed by atoms with E-state index in [0.29, 0.717) is 12.3 Å². The molecule has 1 aromatic heterocycles. The Morgan fingerprint density at radius 3 is 2.52 bits per heavy atom. The van der Waals surface area contributed by atoms with Crippen molar-refractivity contribution in [3.8, 4) is 11.4 Å². The molecule has 3 rings (SSSR count). The maximum Gasteiger partial charge on any atom is 0.332 e. The first-order valence-electron chi connectivity index (χ1n) is 7.23. The molecule has 3 aromatic rings. The van der Waals surface area contributed by atoms with Crippen LogP contribution in [0.3, 0.4) is 0 Å². The van der Waals surface area contributed by atoms with Gasteiger partial charge in [-0.3, -0.25) is 14.3 Å². The lowest BCUT2D eigenvalue weighted by Gasteiger charge is -2.11. The van der Waals surface area contributed by atoms with E-state index in [0.717, 1.165) is 16.9 Å². The van der Waals surface area contributed by atoms with Crippen LogP contribution >= 0.6 is 0 Å². The van der Waals surface area contributed by atoms with Crippen LogP contribution < -0.4 is 16.0 Å². The molecule has 1 N–H and O–H groups in total. The minimum atomic E-state index is -0.460. The van der Waals surface area contributed by atoms with E-state index in [1.165, 1.54) is 16.8 Å². The number of benzene rings is 2. The summed E-state index contributed by atoms with van der Waals surface area (Å²) in [5.41, 5.74) is 1.80. The van der Waals surface area contributed by atoms with Crippen LogP contribution in [0.15, 0.2) is 70.4 Å². The number of aryl methyl sites for hydroxylation is 1. The van der Waals surface area contributed by atoms with Gasteiger partial charge in [0.2, 0.25) is 0 Å². The fraction of sp³-hybridized carbons (Fsp3) is 0.111. The minimum Gasteiger partial charge on any atom is -0.489 e. The number of H-pyrrole nitrogens is 1. The third-order valence-corrected chi connectivity index (χ3v) is 3.50. The van der Waals surface area contributed by atoms with Gasteiger partial charge < -0.3 is 4.74 Å². The zero-order chi connectivity index (χ0) is 16.2. The van der Waals surface area contributed by atoms with Crippen LogP contribution in [-0.4, -0.2) is 9.55 Å². The Morgan fingerprint density at radius 2 is 1.83 bits per heavy atom. The molecule has 0 fully saturated rings. The molecule has 0 spiro atoms. The summed E-state index contributed by atoms with van der Waals surface area (Å²) in [4.78, 5) is 25.3. The van der Waals surface area contributed by atoms with Crippen LogP contribution in [0, 0.1) is 6.92 Å². The SMILES string of the molecule is Cc1cc(OCc2ccccc2)ccc1-n1ccc(=O)[nH]c1=O. The lowest BCUT2D eigenvalue weighted by Crippen LogP contribution is -2.27. The highest BCUT2D eigenvalue weighted by atomic mass is 16.5. The molecule has 0 amide bonds. The second kappa shape index (κ2) is 6.36. The van der Waals surface area contributed by atoms with Gasteiger partial charge >= 0.3 is 5.69 Å². The van der Waals surface area contributed by atoms with Gasteiger partial charge in [-0.1, -0.05) is 30.3 Å². The molecule has 0 saturated carbocycles. The topological polar surface area (TPSA) is 64.1 Å². The molecule has 0 bridgehead atoms. The van der Waals surface area contributed by atoms with Crippen molar-refractivity contribution >= 4 is 0 Å². The van der Waals surface area contributed by atoms with Gasteiger partial charge in [-0.25, -0.2) is 4.79 Å². The quantitative estimate of drug-likeness (QED) is 0.805. The van der Waals surface area contributed by atoms with Gasteiger partial charge in [0.15, 0.2) is 0 Å². The van der Waals surface area contributed by atoms with Crippen molar-refractivity contribution < 1.29 is 4.74 Å². The highest BCUT2D eigenvalue weighted by molar-refractivity contribution is 5.45. The standard InChI is InChI=1S/C18H16N2O3/c1-13-11-15(23-12-14-5-3-2-4-6-14)7-8-16(13)20-10-9-17(21)19-18(20)22/h2-11H,12H2,1H3,(H,19,21,22). The number of ether oxygens (including phenoxy) is 1. The van der Waals surface area contributed by atoms with E-state index in [2.05, 4.69) is 4.98 Å². The molecule has 1 heterocycles. The number of nitrogens with one attached hydrogen (secondary N) is 1. The Morgan fingerprint density at radius 1 is 1.04 bits per heavy atom. The average molecular weight is 308 g/mol. The molecule has 23 heavy (non-hydrogen) atoms. The first-order chi connectivity index (χ1) is 11.1. The Hall–Kier alpha value is -3.08. The number of nitrogens with zero attached hydrogens (tertiary/aromatic N) is 1. The van der Waals surface area contributed by atoms with Gasteiger partial charge in [0, 0.05) is 12.3 Å². The van der Waals surface area contributed by atoms with Crippen LogP contribution in [0.2, 0.25) is 0 Å². The first kappa shape index (κ1) is 14.8. The second-order valence-corrected chi connectivity index (χ2v) is 5.20. The van der Waals surface area contributed by atoms with E-state index in [1.54, 1.807) is 6.07 Å². The zero-order valence-electron chi connectivity index (χ0n) is 12.7. The Bertz CT molecular complexity index is 927. The lowest BCUT2D eigenvalue weighted by atomic mass is 10.2. The second-order valence-electron chi connectivity index (χ2n) is 5.20. The summed E-state index contributed by atoms with van der Waals surface area (Å²) in [7, 11) is 0. The van der Waals surface area contributed by atoms with Gasteiger partial charge in [-0.2, -0.15) is 0 Å². The fourth-order valence-corrected chi connectivity index (χ4v) is 2.34. The van der Waals surface area contributed by atoms with Crippen molar-refractivity contribution in [2.45, 2.75) is 13.5 Å². The van der Waals surface area contributed by atoms with Crippen molar-refractivity contribution in [1.29, 1.82) is 0 Å². The van der Waals surface area contributed by atoms with Crippen LogP contribution in [0.1, 0.15) is 11.1 Å². The molecule has 0 atom stereocenters. The van der Waals surface area contributed by atoms with Crippen LogP contribution in [0.5, 0.6) is 5.75 Å². The molecular weight excluding hydrogens is 292 g/mol. The van der Waals surface area contributed by atoms with Gasteiger partial charge in [0.25, 0.3) is 5.56 Å². The largest absolute Gasteiger partial charge is 0.489 e. The van der Waals surface area contributed by atoms with Crippen LogP contribution in [-0.2, 0) is 6.61 Å². The molecule has 5 nitrogen and oxygen atoms in total. The average Bonchev–Trinajstić information content (AvgIpc) is 2.55. The Balaban J connectivity index is 1.83. The van der Waals surface area contributed by atoms with Crippen molar-refractivity contribution in [3.63, 3.8) is 0 Å². The van der Waals surface area contributed by atoms with E-state index in [9.17, 15) is 9.59 Å². The summed E-state index contributed by atoms with van der Waals surface area (Å²) in [6.45, 7) is 2.38. The predicted octanol–water partition coefficient (Wildman–Crippen LogP) is 2.41. The number of hydrogen-bond donors (Lipinski definition) is 1. The summed E-state index contributed by atoms with van der Waals surface area (Å²) in [5, 5.41) is 0. The maximum atomic E-state index is 11.9. The molecule has 0 aliphatic carbocycles. The first-order valence-corrected chi connectivity index (χ1v) is 7.23. The summed E-state index contributed by atoms with van der Waals surface area (Å²) in [5.74, 6) is 0.729. The van der Waals surface area contributed by atoms with E-state index in [4.69, 9.17) is 4.74 Å². The lowest BCUT2D eigenvalue weighted by molar-refractivity contribution is 0.306. The van der Waals surface area contributed by atoms with Crippen molar-refractivity contribution in [1.82, 2.24) is 9.55 Å². The van der Waals surface area contributed by atoms with Crippen LogP contribution in [0.25, 0.3) is 5.69 Å². The Kier molecular flexibility index (Phi) is 4.10. The molecule has 116 valence electrons. The predicted molar refractivity (Wildman–Crippen MR) is 88.2 cm³/mol. The van der Waals surface area contributed by atoms with Crippen LogP contribution in [0.4, 0.5) is 0 Å². The number of aromatic amines is 1. The monoisotopic (exact) mass is 308 g/mol. The molecule has 0 saturated heterocycles. The maximum absolute atomic E-state index is 11.9. The number of aromatic nitrogens is 2. The van der Waals surface area contributed by atoms with E-state index < -0.39 is 11.2 Å². The van der Waals surface area contributed by atoms with Crippen molar-refractivity contribution in [2.24, 2.45) is 0 Å². The normalized spacial score (nSPS) is 10.5. The van der Waals surface area contributed by atoms with Crippen molar-refractivity contribution in [2.75, 3.05) is 0 Å². The summed E-state index contributed by atoms with van der Waals surface area (Å²) >= 11 is 0. The molecule has 0 unspecified atom stereocenters. The van der Waals surface area contributed by atoms with E-state index >= 15 is 0 Å². The fourth-order valence-electron chi connectivity index (χ4n) is 2.34. The van der Waals surface area contributed by atoms with Gasteiger partial charge in [0.1, 0.15) is 12.4 Å². The molecule has 2 aromatic carbocycles. The third-order valence-electron chi connectivity index (χ3n) is 3.50. The highest BCUT2D eigenvalue weighted by Gasteiger charge is 2.05. The molecule has 0 radical (unpaired) electrons. The van der Waals surface area contributed by atoms with Crippen molar-refractivity contribution in [3.05, 3.63) is 92.8 Å². The van der Waals surface area contributed by atoms with Gasteiger partial charge in [-0.05, 0) is 36.2 Å². The molecule has 5 heteroatoms. The number of hydrogen-bond acceptors (Lipinski definition) is 3. The minimum absolute atomic E-state index is 0.410. The molecule has 0 aliphatic rings. The smallest absolute Gasteiger partial charge is 0.332 e. The molecule has 0 aliphatic heterocycles. The zero-order valence-corrected chi connectivity index (χ0v) is 12.7. The summed E-state index contributed by atoms with van der Waals surface area (Å²) < 4.78 is 7.17. The third kappa shape index (κ3) is 3.40. The van der Waals surface area contributed by atoms with E-state index in [1.807, 2.05) is 49.4 Å². The van der Waals surface area contributed by atoms with Gasteiger partial charge in [-0.15, -0.1) is 0 Å². The van der Waals surface area contributed by atoms with Gasteiger partial charge in [0.05, 0.1) is 5.69 Å².